The molecule has 2 rings (SSSR count). The number of aryl methyl sites for hydroxylation is 1. The second-order valence-electron chi connectivity index (χ2n) is 2.92. The number of esters is 1. The number of aromatic nitrogens is 4. The van der Waals surface area contributed by atoms with Crippen LogP contribution in [0.1, 0.15) is 16.2 Å². The van der Waals surface area contributed by atoms with E-state index in [1.54, 1.807) is 6.92 Å². The molecular weight excluding hydrogens is 198 g/mol. The maximum atomic E-state index is 11.3. The van der Waals surface area contributed by atoms with Crippen LogP contribution in [0.15, 0.2) is 6.20 Å². The monoisotopic (exact) mass is 207 g/mol. The summed E-state index contributed by atoms with van der Waals surface area (Å²) in [6, 6.07) is 0. The number of nitrogen functional groups attached to an aromatic ring is 1. The zero-order valence-corrected chi connectivity index (χ0v) is 8.26. The molecule has 0 saturated carbocycles. The summed E-state index contributed by atoms with van der Waals surface area (Å²) in [5.74, 6) is 0.524. The first kappa shape index (κ1) is 9.38. The SMILES string of the molecule is COC(=O)c1cnc2nc(C)nn2c1N. The van der Waals surface area contributed by atoms with Crippen molar-refractivity contribution >= 4 is 17.6 Å². The average Bonchev–Trinajstić information content (AvgIpc) is 2.59. The minimum atomic E-state index is -0.546. The Hall–Kier alpha value is -2.18. The van der Waals surface area contributed by atoms with Crippen LogP contribution in [0, 0.1) is 6.92 Å². The van der Waals surface area contributed by atoms with Gasteiger partial charge >= 0.3 is 5.97 Å². The van der Waals surface area contributed by atoms with Crippen LogP contribution in [0.4, 0.5) is 5.82 Å². The second kappa shape index (κ2) is 3.19. The largest absolute Gasteiger partial charge is 0.465 e. The normalized spacial score (nSPS) is 10.5. The summed E-state index contributed by atoms with van der Waals surface area (Å²) in [5, 5.41) is 4.00. The molecule has 0 fully saturated rings. The van der Waals surface area contributed by atoms with Gasteiger partial charge in [0.05, 0.1) is 7.11 Å². The summed E-state index contributed by atoms with van der Waals surface area (Å²) in [5.41, 5.74) is 5.90. The lowest BCUT2D eigenvalue weighted by atomic mass is 10.3. The summed E-state index contributed by atoms with van der Waals surface area (Å²) in [6.07, 6.45) is 1.32. The first-order valence-electron chi connectivity index (χ1n) is 4.19. The molecule has 0 bridgehead atoms. The van der Waals surface area contributed by atoms with Gasteiger partial charge in [0.1, 0.15) is 17.2 Å². The molecule has 0 aromatic carbocycles. The van der Waals surface area contributed by atoms with Gasteiger partial charge in [0.15, 0.2) is 0 Å². The van der Waals surface area contributed by atoms with Crippen LogP contribution >= 0.6 is 0 Å². The zero-order chi connectivity index (χ0) is 11.0. The van der Waals surface area contributed by atoms with E-state index in [0.717, 1.165) is 0 Å². The van der Waals surface area contributed by atoms with E-state index >= 15 is 0 Å². The van der Waals surface area contributed by atoms with E-state index in [9.17, 15) is 4.79 Å². The van der Waals surface area contributed by atoms with E-state index in [2.05, 4.69) is 19.8 Å². The van der Waals surface area contributed by atoms with E-state index in [4.69, 9.17) is 5.73 Å². The minimum absolute atomic E-state index is 0.174. The number of nitrogens with two attached hydrogens (primary N) is 1. The Bertz CT molecular complexity index is 533. The smallest absolute Gasteiger partial charge is 0.343 e. The maximum absolute atomic E-state index is 11.3. The molecule has 7 heteroatoms. The highest BCUT2D eigenvalue weighted by Crippen LogP contribution is 2.12. The number of hydrogen-bond acceptors (Lipinski definition) is 6. The molecule has 2 aromatic heterocycles. The van der Waals surface area contributed by atoms with Crippen molar-refractivity contribution in [3.8, 4) is 0 Å². The van der Waals surface area contributed by atoms with Gasteiger partial charge in [0, 0.05) is 6.20 Å². The van der Waals surface area contributed by atoms with Crippen molar-refractivity contribution in [2.75, 3.05) is 12.8 Å². The van der Waals surface area contributed by atoms with Gasteiger partial charge in [-0.05, 0) is 6.92 Å². The third kappa shape index (κ3) is 1.37. The van der Waals surface area contributed by atoms with E-state index in [0.29, 0.717) is 11.6 Å². The van der Waals surface area contributed by atoms with Crippen molar-refractivity contribution in [1.82, 2.24) is 19.6 Å². The summed E-state index contributed by atoms with van der Waals surface area (Å²) < 4.78 is 5.86. The van der Waals surface area contributed by atoms with E-state index < -0.39 is 5.97 Å². The third-order valence-electron chi connectivity index (χ3n) is 1.91. The average molecular weight is 207 g/mol. The summed E-state index contributed by atoms with van der Waals surface area (Å²) in [4.78, 5) is 19.2. The van der Waals surface area contributed by atoms with Crippen LogP contribution in [0.2, 0.25) is 0 Å². The maximum Gasteiger partial charge on any atom is 0.343 e. The number of ether oxygens (including phenoxy) is 1. The molecule has 2 heterocycles. The molecule has 0 aliphatic carbocycles. The fourth-order valence-corrected chi connectivity index (χ4v) is 1.22. The van der Waals surface area contributed by atoms with Crippen LogP contribution < -0.4 is 5.73 Å². The molecule has 7 nitrogen and oxygen atoms in total. The quantitative estimate of drug-likeness (QED) is 0.650. The molecule has 0 aliphatic rings. The molecule has 0 saturated heterocycles. The lowest BCUT2D eigenvalue weighted by molar-refractivity contribution is 0.0601. The second-order valence-corrected chi connectivity index (χ2v) is 2.92. The van der Waals surface area contributed by atoms with Gasteiger partial charge in [-0.25, -0.2) is 9.78 Å². The fourth-order valence-electron chi connectivity index (χ4n) is 1.22. The van der Waals surface area contributed by atoms with Gasteiger partial charge in [-0.1, -0.05) is 0 Å². The Balaban J connectivity index is 2.69. The van der Waals surface area contributed by atoms with E-state index in [1.165, 1.54) is 17.8 Å². The predicted octanol–water partition coefficient (Wildman–Crippen LogP) is -0.198. The topological polar surface area (TPSA) is 95.4 Å². The molecule has 0 unspecified atom stereocenters. The van der Waals surface area contributed by atoms with Crippen LogP contribution in [0.3, 0.4) is 0 Å². The highest BCUT2D eigenvalue weighted by atomic mass is 16.5. The highest BCUT2D eigenvalue weighted by molar-refractivity contribution is 5.94. The summed E-state index contributed by atoms with van der Waals surface area (Å²) in [6.45, 7) is 1.71. The lowest BCUT2D eigenvalue weighted by Crippen LogP contribution is -2.11. The van der Waals surface area contributed by atoms with Gasteiger partial charge in [-0.15, -0.1) is 5.10 Å². The van der Waals surface area contributed by atoms with Crippen LogP contribution in [-0.4, -0.2) is 32.7 Å². The van der Waals surface area contributed by atoms with Gasteiger partial charge in [0.2, 0.25) is 0 Å². The van der Waals surface area contributed by atoms with Gasteiger partial charge in [0.25, 0.3) is 5.78 Å². The van der Waals surface area contributed by atoms with Crippen LogP contribution in [0.25, 0.3) is 5.78 Å². The van der Waals surface area contributed by atoms with Crippen molar-refractivity contribution in [3.05, 3.63) is 17.6 Å². The highest BCUT2D eigenvalue weighted by Gasteiger charge is 2.15. The van der Waals surface area contributed by atoms with E-state index in [1.807, 2.05) is 0 Å². The lowest BCUT2D eigenvalue weighted by Gasteiger charge is -2.03. The Labute approximate surface area is 84.9 Å². The Morgan fingerprint density at radius 3 is 3.00 bits per heavy atom. The number of nitrogens with zero attached hydrogens (tertiary/aromatic N) is 4. The number of carbonyl (C=O) groups excluding carboxylic acids is 1. The van der Waals surface area contributed by atoms with Crippen LogP contribution in [0.5, 0.6) is 0 Å². The molecule has 2 N–H and O–H groups in total. The third-order valence-corrected chi connectivity index (χ3v) is 1.91. The summed E-state index contributed by atoms with van der Waals surface area (Å²) in [7, 11) is 1.28. The molecule has 0 aliphatic heterocycles. The van der Waals surface area contributed by atoms with Crippen molar-refractivity contribution < 1.29 is 9.53 Å². The number of anilines is 1. The Morgan fingerprint density at radius 1 is 1.60 bits per heavy atom. The molecular formula is C8H9N5O2. The molecule has 78 valence electrons. The number of methoxy groups -OCH3 is 1. The van der Waals surface area contributed by atoms with Gasteiger partial charge < -0.3 is 10.5 Å². The molecule has 0 amide bonds. The summed E-state index contributed by atoms with van der Waals surface area (Å²) >= 11 is 0. The fraction of sp³-hybridized carbons (Fsp3) is 0.250. The van der Waals surface area contributed by atoms with Crippen molar-refractivity contribution in [2.24, 2.45) is 0 Å². The predicted molar refractivity (Wildman–Crippen MR) is 51.3 cm³/mol. The Kier molecular flexibility index (Phi) is 2.00. The minimum Gasteiger partial charge on any atom is -0.465 e. The first-order valence-corrected chi connectivity index (χ1v) is 4.19. The van der Waals surface area contributed by atoms with Gasteiger partial charge in [-0.3, -0.25) is 0 Å². The standard InChI is InChI=1S/C8H9N5O2/c1-4-11-8-10-3-5(7(14)15-2)6(9)13(8)12-4/h3H,9H2,1-2H3. The van der Waals surface area contributed by atoms with Crippen molar-refractivity contribution in [2.45, 2.75) is 6.92 Å². The number of carbonyl (C=O) groups is 1. The zero-order valence-electron chi connectivity index (χ0n) is 8.26. The molecule has 15 heavy (non-hydrogen) atoms. The molecule has 0 atom stereocenters. The van der Waals surface area contributed by atoms with Crippen LogP contribution in [-0.2, 0) is 4.74 Å². The number of rotatable bonds is 1. The molecule has 2 aromatic rings. The number of fused-ring (bicyclic) bond motifs is 1. The van der Waals surface area contributed by atoms with Gasteiger partial charge in [-0.2, -0.15) is 9.50 Å². The Morgan fingerprint density at radius 2 is 2.33 bits per heavy atom. The van der Waals surface area contributed by atoms with Crippen molar-refractivity contribution in [3.63, 3.8) is 0 Å². The molecule has 0 spiro atoms. The first-order chi connectivity index (χ1) is 7.13. The van der Waals surface area contributed by atoms with Crippen molar-refractivity contribution in [1.29, 1.82) is 0 Å². The molecule has 0 radical (unpaired) electrons. The van der Waals surface area contributed by atoms with E-state index in [-0.39, 0.29) is 11.4 Å². The number of hydrogen-bond donors (Lipinski definition) is 1.